The number of benzene rings is 2. The number of aromatic nitrogens is 1. The molecule has 3 aromatic rings. The molecule has 0 saturated heterocycles. The second-order valence-electron chi connectivity index (χ2n) is 5.53. The second kappa shape index (κ2) is 8.75. The summed E-state index contributed by atoms with van der Waals surface area (Å²) in [5.74, 6) is 0.941. The van der Waals surface area contributed by atoms with Gasteiger partial charge in [-0.3, -0.25) is 4.79 Å². The highest BCUT2D eigenvalue weighted by Gasteiger charge is 2.11. The first-order valence-corrected chi connectivity index (χ1v) is 9.26. The van der Waals surface area contributed by atoms with Gasteiger partial charge < -0.3 is 20.1 Å². The molecule has 8 heteroatoms. The van der Waals surface area contributed by atoms with Gasteiger partial charge in [-0.15, -0.1) is 11.3 Å². The fourth-order valence-electron chi connectivity index (χ4n) is 2.43. The number of carbonyl (C=O) groups is 1. The van der Waals surface area contributed by atoms with Crippen molar-refractivity contribution in [3.8, 4) is 11.5 Å². The molecule has 0 spiro atoms. The van der Waals surface area contributed by atoms with Crippen molar-refractivity contribution in [1.29, 1.82) is 0 Å². The molecule has 0 atom stereocenters. The molecule has 1 heterocycles. The van der Waals surface area contributed by atoms with Crippen LogP contribution in [-0.2, 0) is 6.54 Å². The molecule has 3 rings (SSSR count). The van der Waals surface area contributed by atoms with Gasteiger partial charge in [0.25, 0.3) is 5.91 Å². The monoisotopic (exact) mass is 403 g/mol. The molecular formula is C19H18ClN3O3S. The molecule has 0 radical (unpaired) electrons. The lowest BCUT2D eigenvalue weighted by Crippen LogP contribution is -2.13. The Kier molecular flexibility index (Phi) is 6.16. The fraction of sp³-hybridized carbons (Fsp3) is 0.158. The first-order valence-electron chi connectivity index (χ1n) is 8.06. The number of hydrogen-bond acceptors (Lipinski definition) is 6. The Morgan fingerprint density at radius 1 is 1.19 bits per heavy atom. The van der Waals surface area contributed by atoms with E-state index < -0.39 is 0 Å². The average molecular weight is 404 g/mol. The van der Waals surface area contributed by atoms with Crippen molar-refractivity contribution < 1.29 is 14.3 Å². The molecule has 140 valence electrons. The Morgan fingerprint density at radius 2 is 2.04 bits per heavy atom. The zero-order chi connectivity index (χ0) is 19.2. The van der Waals surface area contributed by atoms with E-state index in [0.29, 0.717) is 33.8 Å². The molecule has 6 nitrogen and oxygen atoms in total. The van der Waals surface area contributed by atoms with Crippen molar-refractivity contribution in [3.63, 3.8) is 0 Å². The quantitative estimate of drug-likeness (QED) is 0.599. The Hall–Kier alpha value is -2.77. The number of amides is 1. The van der Waals surface area contributed by atoms with Crippen LogP contribution in [0.4, 0.5) is 11.4 Å². The Bertz CT molecular complexity index is 945. The number of nitrogens with zero attached hydrogens (tertiary/aromatic N) is 1. The van der Waals surface area contributed by atoms with Gasteiger partial charge in [-0.1, -0.05) is 17.7 Å². The van der Waals surface area contributed by atoms with Gasteiger partial charge in [0.15, 0.2) is 4.47 Å². The number of thiazole rings is 1. The van der Waals surface area contributed by atoms with Crippen LogP contribution >= 0.6 is 22.9 Å². The van der Waals surface area contributed by atoms with E-state index in [1.807, 2.05) is 12.1 Å². The van der Waals surface area contributed by atoms with Gasteiger partial charge in [-0.2, -0.15) is 0 Å². The van der Waals surface area contributed by atoms with E-state index >= 15 is 0 Å². The first-order chi connectivity index (χ1) is 13.1. The molecule has 2 aromatic carbocycles. The molecule has 0 fully saturated rings. The zero-order valence-corrected chi connectivity index (χ0v) is 16.4. The number of methoxy groups -OCH3 is 2. The number of rotatable bonds is 7. The largest absolute Gasteiger partial charge is 0.497 e. The van der Waals surface area contributed by atoms with Gasteiger partial charge in [0.2, 0.25) is 0 Å². The summed E-state index contributed by atoms with van der Waals surface area (Å²) in [4.78, 5) is 17.7. The first kappa shape index (κ1) is 19.0. The van der Waals surface area contributed by atoms with Crippen molar-refractivity contribution in [2.45, 2.75) is 6.54 Å². The van der Waals surface area contributed by atoms with Gasteiger partial charge in [-0.25, -0.2) is 4.98 Å². The van der Waals surface area contributed by atoms with Crippen LogP contribution in [0.5, 0.6) is 11.5 Å². The van der Waals surface area contributed by atoms with Crippen LogP contribution in [0.25, 0.3) is 0 Å². The summed E-state index contributed by atoms with van der Waals surface area (Å²) in [7, 11) is 3.12. The molecular weight excluding hydrogens is 386 g/mol. The normalized spacial score (nSPS) is 10.3. The standard InChI is InChI=1S/C19H18ClN3O3S/c1-25-14-6-7-17(26-2)16(9-14)23-18(24)12-4-3-5-13(8-12)21-10-15-11-22-19(20)27-15/h3-9,11,21H,10H2,1-2H3,(H,23,24). The lowest BCUT2D eigenvalue weighted by molar-refractivity contribution is 0.102. The predicted octanol–water partition coefficient (Wildman–Crippen LogP) is 4.68. The summed E-state index contributed by atoms with van der Waals surface area (Å²) in [5, 5.41) is 6.12. The van der Waals surface area contributed by atoms with Crippen LogP contribution < -0.4 is 20.1 Å². The van der Waals surface area contributed by atoms with Crippen molar-refractivity contribution in [3.05, 3.63) is 63.6 Å². The van der Waals surface area contributed by atoms with Crippen molar-refractivity contribution in [2.75, 3.05) is 24.9 Å². The number of carbonyl (C=O) groups excluding carboxylic acids is 1. The smallest absolute Gasteiger partial charge is 0.255 e. The zero-order valence-electron chi connectivity index (χ0n) is 14.8. The summed E-state index contributed by atoms with van der Waals surface area (Å²) < 4.78 is 11.0. The van der Waals surface area contributed by atoms with Crippen LogP contribution in [0, 0.1) is 0 Å². The maximum atomic E-state index is 12.7. The third kappa shape index (κ3) is 4.90. The molecule has 0 saturated carbocycles. The van der Waals surface area contributed by atoms with E-state index in [4.69, 9.17) is 21.1 Å². The number of halogens is 1. The number of anilines is 2. The van der Waals surface area contributed by atoms with Gasteiger partial charge in [0, 0.05) is 28.4 Å². The van der Waals surface area contributed by atoms with Gasteiger partial charge in [-0.05, 0) is 30.3 Å². The lowest BCUT2D eigenvalue weighted by atomic mass is 10.1. The van der Waals surface area contributed by atoms with E-state index in [1.165, 1.54) is 11.3 Å². The fourth-order valence-corrected chi connectivity index (χ4v) is 3.35. The summed E-state index contributed by atoms with van der Waals surface area (Å²) in [5.41, 5.74) is 1.89. The molecule has 1 aromatic heterocycles. The summed E-state index contributed by atoms with van der Waals surface area (Å²) in [6.45, 7) is 0.583. The molecule has 1 amide bonds. The van der Waals surface area contributed by atoms with Crippen LogP contribution in [0.1, 0.15) is 15.2 Å². The Labute approximate surface area is 166 Å². The Balaban J connectivity index is 1.72. The molecule has 0 aliphatic rings. The van der Waals surface area contributed by atoms with E-state index in [2.05, 4.69) is 15.6 Å². The summed E-state index contributed by atoms with van der Waals surface area (Å²) in [6, 6.07) is 12.5. The van der Waals surface area contributed by atoms with E-state index in [9.17, 15) is 4.79 Å². The minimum atomic E-state index is -0.244. The molecule has 27 heavy (non-hydrogen) atoms. The number of ether oxygens (including phenoxy) is 2. The minimum Gasteiger partial charge on any atom is -0.497 e. The highest BCUT2D eigenvalue weighted by molar-refractivity contribution is 7.15. The van der Waals surface area contributed by atoms with Gasteiger partial charge >= 0.3 is 0 Å². The van der Waals surface area contributed by atoms with Crippen LogP contribution in [0.2, 0.25) is 4.47 Å². The van der Waals surface area contributed by atoms with Gasteiger partial charge in [0.1, 0.15) is 11.5 Å². The molecule has 0 unspecified atom stereocenters. The average Bonchev–Trinajstić information content (AvgIpc) is 3.11. The van der Waals surface area contributed by atoms with Crippen molar-refractivity contribution in [2.24, 2.45) is 0 Å². The summed E-state index contributed by atoms with van der Waals surface area (Å²) in [6.07, 6.45) is 1.73. The van der Waals surface area contributed by atoms with Gasteiger partial charge in [0.05, 0.1) is 26.5 Å². The molecule has 0 aliphatic heterocycles. The van der Waals surface area contributed by atoms with Crippen molar-refractivity contribution in [1.82, 2.24) is 4.98 Å². The van der Waals surface area contributed by atoms with E-state index in [0.717, 1.165) is 10.6 Å². The lowest BCUT2D eigenvalue weighted by Gasteiger charge is -2.12. The summed E-state index contributed by atoms with van der Waals surface area (Å²) >= 11 is 7.25. The number of hydrogen-bond donors (Lipinski definition) is 2. The highest BCUT2D eigenvalue weighted by Crippen LogP contribution is 2.29. The van der Waals surface area contributed by atoms with Crippen LogP contribution in [-0.4, -0.2) is 25.1 Å². The topological polar surface area (TPSA) is 72.5 Å². The predicted molar refractivity (Wildman–Crippen MR) is 108 cm³/mol. The molecule has 0 aliphatic carbocycles. The van der Waals surface area contributed by atoms with Crippen molar-refractivity contribution >= 4 is 40.2 Å². The second-order valence-corrected chi connectivity index (χ2v) is 7.23. The van der Waals surface area contributed by atoms with Crippen LogP contribution in [0.3, 0.4) is 0 Å². The maximum Gasteiger partial charge on any atom is 0.255 e. The SMILES string of the molecule is COc1ccc(OC)c(NC(=O)c2cccc(NCc3cnc(Cl)s3)c2)c1. The minimum absolute atomic E-state index is 0.244. The van der Waals surface area contributed by atoms with Crippen LogP contribution in [0.15, 0.2) is 48.7 Å². The molecule has 0 bridgehead atoms. The highest BCUT2D eigenvalue weighted by atomic mass is 35.5. The third-order valence-corrected chi connectivity index (χ3v) is 4.89. The van der Waals surface area contributed by atoms with E-state index in [1.54, 1.807) is 50.7 Å². The third-order valence-electron chi connectivity index (χ3n) is 3.77. The van der Waals surface area contributed by atoms with E-state index in [-0.39, 0.29) is 5.91 Å². The number of nitrogens with one attached hydrogen (secondary N) is 2. The maximum absolute atomic E-state index is 12.7. The Morgan fingerprint density at radius 3 is 2.74 bits per heavy atom. The molecule has 2 N–H and O–H groups in total.